The van der Waals surface area contributed by atoms with Crippen LogP contribution in [0.15, 0.2) is 30.3 Å². The summed E-state index contributed by atoms with van der Waals surface area (Å²) in [4.78, 5) is 0. The predicted molar refractivity (Wildman–Crippen MR) is 97.4 cm³/mol. The molecule has 0 spiro atoms. The number of hydrogen-bond donors (Lipinski definition) is 0. The molecule has 0 fully saturated rings. The van der Waals surface area contributed by atoms with E-state index in [-0.39, 0.29) is 0 Å². The van der Waals surface area contributed by atoms with E-state index in [4.69, 9.17) is 0 Å². The molecular weight excluding hydrogens is 368 g/mol. The molecule has 0 saturated heterocycles. The molecule has 0 atom stereocenters. The quantitative estimate of drug-likeness (QED) is 0.240. The van der Waals surface area contributed by atoms with Gasteiger partial charge in [0, 0.05) is 0 Å². The molecule has 0 unspecified atom stereocenters. The summed E-state index contributed by atoms with van der Waals surface area (Å²) in [7, 11) is 0. The van der Waals surface area contributed by atoms with Crippen LogP contribution in [0.1, 0.15) is 76.7 Å². The van der Waals surface area contributed by atoms with Crippen LogP contribution in [0.25, 0.3) is 0 Å². The van der Waals surface area contributed by atoms with Crippen LogP contribution < -0.4 is 0 Å². The molecule has 1 aromatic rings. The van der Waals surface area contributed by atoms with Crippen LogP contribution in [0.2, 0.25) is 8.94 Å². The zero-order valence-electron chi connectivity index (χ0n) is 14.0. The van der Waals surface area contributed by atoms with Gasteiger partial charge in [-0.1, -0.05) is 0 Å². The maximum atomic E-state index is 2.29. The van der Waals surface area contributed by atoms with Crippen molar-refractivity contribution in [3.8, 4) is 0 Å². The molecule has 0 saturated carbocycles. The van der Waals surface area contributed by atoms with Crippen molar-refractivity contribution in [1.29, 1.82) is 0 Å². The van der Waals surface area contributed by atoms with Crippen molar-refractivity contribution in [2.45, 2.75) is 86.5 Å². The van der Waals surface area contributed by atoms with Gasteiger partial charge in [0.2, 0.25) is 0 Å². The summed E-state index contributed by atoms with van der Waals surface area (Å²) < 4.78 is 3.06. The van der Waals surface area contributed by atoms with Crippen molar-refractivity contribution in [2.24, 2.45) is 0 Å². The first-order valence-electron chi connectivity index (χ1n) is 9.05. The Morgan fingerprint density at radius 2 is 1.24 bits per heavy atom. The van der Waals surface area contributed by atoms with Gasteiger partial charge in [0.25, 0.3) is 0 Å². The Kier molecular flexibility index (Phi) is 13.5. The van der Waals surface area contributed by atoms with Gasteiger partial charge in [-0.25, -0.2) is 0 Å². The van der Waals surface area contributed by atoms with Crippen molar-refractivity contribution in [3.63, 3.8) is 0 Å². The average molecular weight is 402 g/mol. The van der Waals surface area contributed by atoms with E-state index < -0.39 is 0 Å². The minimum absolute atomic E-state index is 0.290. The van der Waals surface area contributed by atoms with Gasteiger partial charge < -0.3 is 0 Å². The molecule has 0 heterocycles. The van der Waals surface area contributed by atoms with Crippen LogP contribution in [0, 0.1) is 0 Å². The molecule has 0 aliphatic carbocycles. The van der Waals surface area contributed by atoms with Crippen molar-refractivity contribution in [1.82, 2.24) is 0 Å². The van der Waals surface area contributed by atoms with E-state index in [1.165, 1.54) is 80.7 Å². The molecule has 0 radical (unpaired) electrons. The zero-order chi connectivity index (χ0) is 15.0. The third kappa shape index (κ3) is 12.3. The molecule has 0 nitrogen and oxygen atoms in total. The number of benzene rings is 1. The van der Waals surface area contributed by atoms with E-state index in [0.29, 0.717) is 20.9 Å². The van der Waals surface area contributed by atoms with E-state index in [1.54, 1.807) is 4.47 Å². The minimum atomic E-state index is 0.290. The first-order chi connectivity index (χ1) is 10.4. The van der Waals surface area contributed by atoms with Gasteiger partial charge in [-0.3, -0.25) is 0 Å². The molecule has 1 rings (SSSR count). The SMILES string of the molecule is CCCCCCCCCCCC[Te]CCc1ccccc1. The van der Waals surface area contributed by atoms with Gasteiger partial charge >= 0.3 is 143 Å². The zero-order valence-corrected chi connectivity index (χ0v) is 16.3. The van der Waals surface area contributed by atoms with Crippen molar-refractivity contribution < 1.29 is 0 Å². The molecule has 0 aromatic heterocycles. The van der Waals surface area contributed by atoms with Gasteiger partial charge in [0.05, 0.1) is 0 Å². The summed E-state index contributed by atoms with van der Waals surface area (Å²) in [5, 5.41) is 0. The van der Waals surface area contributed by atoms with Crippen molar-refractivity contribution in [3.05, 3.63) is 35.9 Å². The second-order valence-corrected chi connectivity index (χ2v) is 9.53. The third-order valence-corrected chi connectivity index (χ3v) is 7.07. The Morgan fingerprint density at radius 1 is 0.667 bits per heavy atom. The van der Waals surface area contributed by atoms with E-state index >= 15 is 0 Å². The molecule has 21 heavy (non-hydrogen) atoms. The summed E-state index contributed by atoms with van der Waals surface area (Å²) >= 11 is 0.290. The van der Waals surface area contributed by atoms with Gasteiger partial charge in [0.15, 0.2) is 0 Å². The number of rotatable bonds is 14. The molecule has 0 aliphatic heterocycles. The van der Waals surface area contributed by atoms with Crippen LogP contribution in [-0.4, -0.2) is 20.9 Å². The average Bonchev–Trinajstić information content (AvgIpc) is 2.53. The van der Waals surface area contributed by atoms with Crippen LogP contribution in [0.5, 0.6) is 0 Å². The van der Waals surface area contributed by atoms with E-state index in [0.717, 1.165) is 0 Å². The summed E-state index contributed by atoms with van der Waals surface area (Å²) in [6, 6.07) is 11.0. The van der Waals surface area contributed by atoms with E-state index in [9.17, 15) is 0 Å². The Morgan fingerprint density at radius 3 is 1.86 bits per heavy atom. The molecule has 0 bridgehead atoms. The molecule has 1 heteroatoms. The van der Waals surface area contributed by atoms with Gasteiger partial charge in [-0.05, 0) is 0 Å². The molecule has 0 amide bonds. The first kappa shape index (κ1) is 19.1. The van der Waals surface area contributed by atoms with Crippen LogP contribution >= 0.6 is 0 Å². The Hall–Kier alpha value is 0.00961. The molecule has 0 aliphatic rings. The molecular formula is C20H34Te. The maximum absolute atomic E-state index is 2.29. The van der Waals surface area contributed by atoms with Crippen LogP contribution in [0.3, 0.4) is 0 Å². The summed E-state index contributed by atoms with van der Waals surface area (Å²) in [6.45, 7) is 2.29. The van der Waals surface area contributed by atoms with Gasteiger partial charge in [-0.2, -0.15) is 0 Å². The molecule has 1 aromatic carbocycles. The van der Waals surface area contributed by atoms with Crippen molar-refractivity contribution >= 4 is 20.9 Å². The molecule has 0 N–H and O–H groups in total. The summed E-state index contributed by atoms with van der Waals surface area (Å²) in [5.74, 6) is 0. The fourth-order valence-electron chi connectivity index (χ4n) is 2.63. The first-order valence-corrected chi connectivity index (χ1v) is 12.3. The second kappa shape index (κ2) is 14.9. The van der Waals surface area contributed by atoms with Crippen LogP contribution in [0.4, 0.5) is 0 Å². The topological polar surface area (TPSA) is 0 Å². The normalized spacial score (nSPS) is 10.9. The molecule has 120 valence electrons. The second-order valence-electron chi connectivity index (χ2n) is 6.03. The Balaban J connectivity index is 1.75. The number of unbranched alkanes of at least 4 members (excludes halogenated alkanes) is 9. The Labute approximate surface area is 143 Å². The van der Waals surface area contributed by atoms with Gasteiger partial charge in [0.1, 0.15) is 0 Å². The van der Waals surface area contributed by atoms with Gasteiger partial charge in [-0.15, -0.1) is 0 Å². The standard InChI is InChI=1S/C20H34Te/c1-2-3-4-5-6-7-8-9-10-14-18-21-19-17-20-15-12-11-13-16-20/h11-13,15-16H,2-10,14,17-19H2,1H3. The number of hydrogen-bond acceptors (Lipinski definition) is 0. The fraction of sp³-hybridized carbons (Fsp3) is 0.700. The van der Waals surface area contributed by atoms with Crippen LogP contribution in [-0.2, 0) is 6.42 Å². The van der Waals surface area contributed by atoms with E-state index in [2.05, 4.69) is 37.3 Å². The third-order valence-electron chi connectivity index (χ3n) is 4.02. The Bertz CT molecular complexity index is 307. The summed E-state index contributed by atoms with van der Waals surface area (Å²) in [5.41, 5.74) is 1.53. The predicted octanol–water partition coefficient (Wildman–Crippen LogP) is 6.69. The summed E-state index contributed by atoms with van der Waals surface area (Å²) in [6.07, 6.45) is 16.0. The van der Waals surface area contributed by atoms with Crippen molar-refractivity contribution in [2.75, 3.05) is 0 Å². The fourth-order valence-corrected chi connectivity index (χ4v) is 5.46. The monoisotopic (exact) mass is 404 g/mol. The van der Waals surface area contributed by atoms with E-state index in [1.807, 2.05) is 0 Å². The number of aryl methyl sites for hydroxylation is 1.